The molecule has 2 rings (SSSR count). The third kappa shape index (κ3) is 3.46. The highest BCUT2D eigenvalue weighted by Gasteiger charge is 2.26. The van der Waals surface area contributed by atoms with E-state index in [1.54, 1.807) is 0 Å². The van der Waals surface area contributed by atoms with Crippen LogP contribution >= 0.6 is 0 Å². The maximum atomic E-state index is 6.09. The molecule has 0 aromatic rings. The van der Waals surface area contributed by atoms with Crippen LogP contribution in [-0.2, 0) is 4.74 Å². The van der Waals surface area contributed by atoms with Gasteiger partial charge >= 0.3 is 0 Å². The summed E-state index contributed by atoms with van der Waals surface area (Å²) in [6.45, 7) is 2.19. The van der Waals surface area contributed by atoms with E-state index in [2.05, 4.69) is 6.92 Å². The highest BCUT2D eigenvalue weighted by atomic mass is 16.5. The summed E-state index contributed by atoms with van der Waals surface area (Å²) in [5.41, 5.74) is 6.09. The molecule has 0 aromatic heterocycles. The third-order valence-electron chi connectivity index (χ3n) is 3.99. The fourth-order valence-electron chi connectivity index (χ4n) is 3.15. The van der Waals surface area contributed by atoms with Gasteiger partial charge in [-0.15, -0.1) is 0 Å². The van der Waals surface area contributed by atoms with Crippen molar-refractivity contribution in [3.8, 4) is 0 Å². The molecule has 0 aromatic carbocycles. The molecule has 0 radical (unpaired) electrons. The van der Waals surface area contributed by atoms with Gasteiger partial charge < -0.3 is 10.5 Å². The molecule has 1 aliphatic heterocycles. The van der Waals surface area contributed by atoms with Gasteiger partial charge in [0.1, 0.15) is 0 Å². The Kier molecular flexibility index (Phi) is 4.04. The van der Waals surface area contributed by atoms with Crippen molar-refractivity contribution in [1.29, 1.82) is 0 Å². The highest BCUT2D eigenvalue weighted by molar-refractivity contribution is 4.79. The van der Waals surface area contributed by atoms with Crippen molar-refractivity contribution >= 4 is 0 Å². The number of nitrogens with two attached hydrogens (primary N) is 1. The summed E-state index contributed by atoms with van der Waals surface area (Å²) >= 11 is 0. The van der Waals surface area contributed by atoms with Crippen molar-refractivity contribution in [3.63, 3.8) is 0 Å². The Morgan fingerprint density at radius 3 is 2.67 bits per heavy atom. The van der Waals surface area contributed by atoms with Gasteiger partial charge in [-0.1, -0.05) is 19.3 Å². The average molecular weight is 211 g/mol. The molecule has 4 unspecified atom stereocenters. The van der Waals surface area contributed by atoms with Gasteiger partial charge in [0.15, 0.2) is 0 Å². The lowest BCUT2D eigenvalue weighted by Crippen LogP contribution is -2.23. The fourth-order valence-corrected chi connectivity index (χ4v) is 3.15. The molecule has 4 atom stereocenters. The standard InChI is InChI=1S/C13H25NO/c1-10-6-7-13(15-10)9-11-4-2-3-5-12(14)8-11/h10-13H,2-9,14H2,1H3. The van der Waals surface area contributed by atoms with Gasteiger partial charge in [0.2, 0.25) is 0 Å². The number of rotatable bonds is 2. The lowest BCUT2D eigenvalue weighted by Gasteiger charge is -2.20. The lowest BCUT2D eigenvalue weighted by molar-refractivity contribution is 0.0390. The molecule has 88 valence electrons. The molecule has 2 N–H and O–H groups in total. The van der Waals surface area contributed by atoms with Crippen molar-refractivity contribution in [3.05, 3.63) is 0 Å². The topological polar surface area (TPSA) is 35.2 Å². The van der Waals surface area contributed by atoms with E-state index in [-0.39, 0.29) is 0 Å². The molecular weight excluding hydrogens is 186 g/mol. The number of ether oxygens (including phenoxy) is 1. The molecule has 1 heterocycles. The van der Waals surface area contributed by atoms with Crippen LogP contribution < -0.4 is 5.73 Å². The Labute approximate surface area is 93.6 Å². The molecule has 2 aliphatic rings. The van der Waals surface area contributed by atoms with E-state index in [9.17, 15) is 0 Å². The second-order valence-corrected chi connectivity index (χ2v) is 5.53. The van der Waals surface area contributed by atoms with Crippen LogP contribution in [0.5, 0.6) is 0 Å². The SMILES string of the molecule is CC1CCC(CC2CCCCC(N)C2)O1. The molecule has 1 aliphatic carbocycles. The van der Waals surface area contributed by atoms with E-state index in [1.165, 1.54) is 51.4 Å². The van der Waals surface area contributed by atoms with Crippen molar-refractivity contribution in [2.75, 3.05) is 0 Å². The monoisotopic (exact) mass is 211 g/mol. The average Bonchev–Trinajstić information content (AvgIpc) is 2.46. The fraction of sp³-hybridized carbons (Fsp3) is 1.00. The molecule has 2 heteroatoms. The van der Waals surface area contributed by atoms with Crippen LogP contribution in [0.15, 0.2) is 0 Å². The zero-order valence-corrected chi connectivity index (χ0v) is 9.95. The molecule has 0 spiro atoms. The molecule has 1 saturated carbocycles. The molecule has 1 saturated heterocycles. The van der Waals surface area contributed by atoms with Gasteiger partial charge in [-0.05, 0) is 44.9 Å². The summed E-state index contributed by atoms with van der Waals surface area (Å²) in [7, 11) is 0. The van der Waals surface area contributed by atoms with Crippen LogP contribution in [0.1, 0.15) is 58.3 Å². The zero-order chi connectivity index (χ0) is 10.7. The largest absolute Gasteiger partial charge is 0.375 e. The third-order valence-corrected chi connectivity index (χ3v) is 3.99. The second kappa shape index (κ2) is 5.31. The van der Waals surface area contributed by atoms with Crippen molar-refractivity contribution in [2.24, 2.45) is 11.7 Å². The van der Waals surface area contributed by atoms with Crippen LogP contribution in [0, 0.1) is 5.92 Å². The van der Waals surface area contributed by atoms with Crippen LogP contribution in [0.2, 0.25) is 0 Å². The Bertz CT molecular complexity index is 195. The maximum Gasteiger partial charge on any atom is 0.0582 e. The van der Waals surface area contributed by atoms with E-state index in [1.807, 2.05) is 0 Å². The highest BCUT2D eigenvalue weighted by Crippen LogP contribution is 2.31. The van der Waals surface area contributed by atoms with Crippen LogP contribution in [0.3, 0.4) is 0 Å². The summed E-state index contributed by atoms with van der Waals surface area (Å²) in [4.78, 5) is 0. The summed E-state index contributed by atoms with van der Waals surface area (Å²) in [6.07, 6.45) is 11.4. The summed E-state index contributed by atoms with van der Waals surface area (Å²) in [6, 6.07) is 0.455. The first-order valence-corrected chi connectivity index (χ1v) is 6.65. The van der Waals surface area contributed by atoms with Crippen LogP contribution in [-0.4, -0.2) is 18.2 Å². The van der Waals surface area contributed by atoms with Gasteiger partial charge in [0.05, 0.1) is 12.2 Å². The smallest absolute Gasteiger partial charge is 0.0582 e. The van der Waals surface area contributed by atoms with E-state index in [0.29, 0.717) is 18.2 Å². The van der Waals surface area contributed by atoms with Gasteiger partial charge in [0.25, 0.3) is 0 Å². The quantitative estimate of drug-likeness (QED) is 0.713. The lowest BCUT2D eigenvalue weighted by atomic mass is 9.91. The van der Waals surface area contributed by atoms with Crippen molar-refractivity contribution in [2.45, 2.75) is 76.5 Å². The first-order valence-electron chi connectivity index (χ1n) is 6.65. The van der Waals surface area contributed by atoms with E-state index >= 15 is 0 Å². The van der Waals surface area contributed by atoms with Gasteiger partial charge in [0, 0.05) is 6.04 Å². The summed E-state index contributed by atoms with van der Waals surface area (Å²) < 4.78 is 5.90. The Morgan fingerprint density at radius 1 is 1.13 bits per heavy atom. The summed E-state index contributed by atoms with van der Waals surface area (Å²) in [5.74, 6) is 0.831. The first-order chi connectivity index (χ1) is 7.24. The Morgan fingerprint density at radius 2 is 1.93 bits per heavy atom. The summed E-state index contributed by atoms with van der Waals surface area (Å²) in [5, 5.41) is 0. The normalized spacial score (nSPS) is 42.8. The molecule has 2 fully saturated rings. The minimum Gasteiger partial charge on any atom is -0.375 e. The van der Waals surface area contributed by atoms with Gasteiger partial charge in [-0.2, -0.15) is 0 Å². The number of hydrogen-bond donors (Lipinski definition) is 1. The van der Waals surface area contributed by atoms with Crippen LogP contribution in [0.4, 0.5) is 0 Å². The molecule has 15 heavy (non-hydrogen) atoms. The first kappa shape index (κ1) is 11.4. The Hall–Kier alpha value is -0.0800. The van der Waals surface area contributed by atoms with E-state index < -0.39 is 0 Å². The maximum absolute atomic E-state index is 6.09. The molecule has 2 nitrogen and oxygen atoms in total. The van der Waals surface area contributed by atoms with Crippen molar-refractivity contribution < 1.29 is 4.74 Å². The molecule has 0 bridgehead atoms. The zero-order valence-electron chi connectivity index (χ0n) is 9.95. The van der Waals surface area contributed by atoms with E-state index in [4.69, 9.17) is 10.5 Å². The van der Waals surface area contributed by atoms with Gasteiger partial charge in [-0.3, -0.25) is 0 Å². The molecule has 0 amide bonds. The Balaban J connectivity index is 1.77. The number of hydrogen-bond acceptors (Lipinski definition) is 2. The minimum atomic E-state index is 0.455. The predicted octanol–water partition coefficient (Wildman–Crippen LogP) is 2.85. The van der Waals surface area contributed by atoms with Crippen LogP contribution in [0.25, 0.3) is 0 Å². The van der Waals surface area contributed by atoms with Gasteiger partial charge in [-0.25, -0.2) is 0 Å². The predicted molar refractivity (Wildman–Crippen MR) is 62.7 cm³/mol. The second-order valence-electron chi connectivity index (χ2n) is 5.53. The van der Waals surface area contributed by atoms with Crippen molar-refractivity contribution in [1.82, 2.24) is 0 Å². The minimum absolute atomic E-state index is 0.455. The molecular formula is C13H25NO. The van der Waals surface area contributed by atoms with E-state index in [0.717, 1.165) is 5.92 Å².